The summed E-state index contributed by atoms with van der Waals surface area (Å²) < 4.78 is 11.5. The third kappa shape index (κ3) is 6.96. The molecule has 2 amide bonds. The average Bonchev–Trinajstić information content (AvgIpc) is 3.39. The van der Waals surface area contributed by atoms with Crippen molar-refractivity contribution in [2.24, 2.45) is 5.41 Å². The first-order valence-electron chi connectivity index (χ1n) is 11.9. The molecule has 2 N–H and O–H groups in total. The number of aromatic nitrogens is 1. The number of alkyl carbamates (subject to hydrolysis) is 1. The first-order valence-corrected chi connectivity index (χ1v) is 12.7. The van der Waals surface area contributed by atoms with Crippen LogP contribution in [-0.2, 0) is 14.3 Å². The van der Waals surface area contributed by atoms with Crippen molar-refractivity contribution in [2.45, 2.75) is 78.7 Å². The van der Waals surface area contributed by atoms with Crippen molar-refractivity contribution in [1.82, 2.24) is 15.2 Å². The molecule has 1 aliphatic rings. The number of nitrogens with one attached hydrogen (secondary N) is 1. The van der Waals surface area contributed by atoms with E-state index in [2.05, 4.69) is 10.3 Å². The number of rotatable bonds is 6. The van der Waals surface area contributed by atoms with Crippen LogP contribution in [0.3, 0.4) is 0 Å². The number of hydrogen-bond acceptors (Lipinski definition) is 7. The Bertz CT molecular complexity index is 1100. The number of hydrogen-bond donors (Lipinski definition) is 2. The number of nitrogens with zero attached hydrogens (tertiary/aromatic N) is 2. The largest absolute Gasteiger partial charge is 0.488 e. The minimum absolute atomic E-state index is 0.0775. The van der Waals surface area contributed by atoms with Crippen LogP contribution in [0.1, 0.15) is 53.7 Å². The summed E-state index contributed by atoms with van der Waals surface area (Å²) in [5.74, 6) is -1.05. The van der Waals surface area contributed by atoms with Crippen LogP contribution in [0, 0.1) is 12.3 Å². The maximum absolute atomic E-state index is 13.6. The van der Waals surface area contributed by atoms with Gasteiger partial charge in [0, 0.05) is 24.2 Å². The van der Waals surface area contributed by atoms with Gasteiger partial charge < -0.3 is 24.8 Å². The number of aryl methyl sites for hydroxylation is 1. The fourth-order valence-electron chi connectivity index (χ4n) is 4.05. The van der Waals surface area contributed by atoms with Crippen molar-refractivity contribution in [3.63, 3.8) is 0 Å². The van der Waals surface area contributed by atoms with Crippen molar-refractivity contribution < 1.29 is 29.0 Å². The molecule has 1 fully saturated rings. The van der Waals surface area contributed by atoms with Gasteiger partial charge in [-0.1, -0.05) is 26.8 Å². The van der Waals surface area contributed by atoms with Gasteiger partial charge in [-0.25, -0.2) is 9.59 Å². The van der Waals surface area contributed by atoms with Gasteiger partial charge in [-0.05, 0) is 44.6 Å². The van der Waals surface area contributed by atoms with Gasteiger partial charge in [-0.15, -0.1) is 11.3 Å². The molecular formula is C26H35N3O6S. The van der Waals surface area contributed by atoms with E-state index in [1.807, 2.05) is 30.5 Å². The summed E-state index contributed by atoms with van der Waals surface area (Å²) in [6, 6.07) is 5.46. The maximum Gasteiger partial charge on any atom is 0.408 e. The zero-order valence-corrected chi connectivity index (χ0v) is 22.6. The van der Waals surface area contributed by atoms with Crippen LogP contribution in [0.15, 0.2) is 29.6 Å². The number of ether oxygens (including phenoxy) is 2. The molecule has 0 aliphatic carbocycles. The van der Waals surface area contributed by atoms with Gasteiger partial charge in [0.2, 0.25) is 5.91 Å². The van der Waals surface area contributed by atoms with Crippen LogP contribution in [0.5, 0.6) is 5.75 Å². The number of carbonyl (C=O) groups is 3. The zero-order valence-electron chi connectivity index (χ0n) is 21.8. The predicted molar refractivity (Wildman–Crippen MR) is 137 cm³/mol. The zero-order chi connectivity index (χ0) is 26.8. The average molecular weight is 518 g/mol. The minimum Gasteiger partial charge on any atom is -0.488 e. The summed E-state index contributed by atoms with van der Waals surface area (Å²) in [5, 5.41) is 14.5. The number of thiophene rings is 1. The maximum atomic E-state index is 13.6. The lowest BCUT2D eigenvalue weighted by Gasteiger charge is -2.35. The van der Waals surface area contributed by atoms with E-state index in [0.29, 0.717) is 5.75 Å². The van der Waals surface area contributed by atoms with E-state index in [9.17, 15) is 19.5 Å². The Balaban J connectivity index is 1.80. The van der Waals surface area contributed by atoms with Gasteiger partial charge in [-0.3, -0.25) is 9.78 Å². The molecule has 0 bridgehead atoms. The van der Waals surface area contributed by atoms with Gasteiger partial charge in [0.15, 0.2) is 0 Å². The van der Waals surface area contributed by atoms with Gasteiger partial charge in [0.25, 0.3) is 0 Å². The summed E-state index contributed by atoms with van der Waals surface area (Å²) >= 11 is 1.56. The van der Waals surface area contributed by atoms with Crippen LogP contribution in [-0.4, -0.2) is 63.3 Å². The van der Waals surface area contributed by atoms with Gasteiger partial charge in [-0.2, -0.15) is 0 Å². The second-order valence-electron chi connectivity index (χ2n) is 11.1. The highest BCUT2D eigenvalue weighted by molar-refractivity contribution is 7.13. The topological polar surface area (TPSA) is 118 Å². The smallest absolute Gasteiger partial charge is 0.408 e. The van der Waals surface area contributed by atoms with Gasteiger partial charge in [0.05, 0.1) is 17.1 Å². The molecule has 3 atom stereocenters. The molecular weight excluding hydrogens is 482 g/mol. The summed E-state index contributed by atoms with van der Waals surface area (Å²) in [5.41, 5.74) is 0.116. The molecule has 3 rings (SSSR count). The summed E-state index contributed by atoms with van der Waals surface area (Å²) in [6.45, 7) is 12.5. The number of carboxylic acid groups (broad SMARTS) is 1. The Morgan fingerprint density at radius 2 is 1.89 bits per heavy atom. The van der Waals surface area contributed by atoms with Crippen LogP contribution >= 0.6 is 11.3 Å². The Morgan fingerprint density at radius 3 is 2.44 bits per heavy atom. The van der Waals surface area contributed by atoms with Crippen molar-refractivity contribution in [3.05, 3.63) is 35.3 Å². The molecule has 10 heteroatoms. The van der Waals surface area contributed by atoms with Crippen LogP contribution in [0.4, 0.5) is 4.79 Å². The summed E-state index contributed by atoms with van der Waals surface area (Å²) in [7, 11) is 0. The molecule has 36 heavy (non-hydrogen) atoms. The monoisotopic (exact) mass is 517 g/mol. The Labute approximate surface area is 215 Å². The third-order valence-electron chi connectivity index (χ3n) is 5.61. The van der Waals surface area contributed by atoms with Crippen molar-refractivity contribution in [1.29, 1.82) is 0 Å². The molecule has 9 nitrogen and oxygen atoms in total. The fourth-order valence-corrected chi connectivity index (χ4v) is 4.73. The Kier molecular flexibility index (Phi) is 7.97. The second kappa shape index (κ2) is 10.5. The highest BCUT2D eigenvalue weighted by Crippen LogP contribution is 2.31. The molecule has 3 heterocycles. The summed E-state index contributed by atoms with van der Waals surface area (Å²) in [6.07, 6.45) is -1.14. The van der Waals surface area contributed by atoms with Crippen molar-refractivity contribution in [3.8, 4) is 16.3 Å². The first kappa shape index (κ1) is 27.4. The predicted octanol–water partition coefficient (Wildman–Crippen LogP) is 4.49. The Morgan fingerprint density at radius 1 is 1.19 bits per heavy atom. The third-order valence-corrected chi connectivity index (χ3v) is 6.50. The van der Waals surface area contributed by atoms with Crippen LogP contribution in [0.2, 0.25) is 0 Å². The Hall–Kier alpha value is -3.14. The van der Waals surface area contributed by atoms with Crippen LogP contribution in [0.25, 0.3) is 10.6 Å². The van der Waals surface area contributed by atoms with E-state index in [1.165, 1.54) is 4.90 Å². The highest BCUT2D eigenvalue weighted by atomic mass is 32.1. The minimum atomic E-state index is -1.12. The normalized spacial score (nSPS) is 19.0. The van der Waals surface area contributed by atoms with Gasteiger partial charge in [0.1, 0.15) is 29.5 Å². The number of likely N-dealkylation sites (tertiary alicyclic amines) is 1. The number of amides is 2. The number of aliphatic carboxylic acids is 1. The molecule has 196 valence electrons. The molecule has 0 spiro atoms. The van der Waals surface area contributed by atoms with E-state index in [0.717, 1.165) is 16.3 Å². The quantitative estimate of drug-likeness (QED) is 0.580. The SMILES string of the molecule is Cc1cc(O[C@@H]2C[C@@H](C(=O)O)N(C(=O)[C@@H](NC(=O)OC(C)(C)C)C(C)(C)C)C2)cc(-c2cccs2)n1. The molecule has 2 aromatic heterocycles. The molecule has 0 saturated carbocycles. The van der Waals surface area contributed by atoms with Gasteiger partial charge >= 0.3 is 12.1 Å². The van der Waals surface area contributed by atoms with E-state index in [4.69, 9.17) is 9.47 Å². The van der Waals surface area contributed by atoms with E-state index in [1.54, 1.807) is 58.9 Å². The molecule has 1 saturated heterocycles. The molecule has 0 radical (unpaired) electrons. The fraction of sp³-hybridized carbons (Fsp3) is 0.538. The second-order valence-corrected chi connectivity index (χ2v) is 12.0. The number of carbonyl (C=O) groups excluding carboxylic acids is 2. The lowest BCUT2D eigenvalue weighted by atomic mass is 9.85. The lowest BCUT2D eigenvalue weighted by Crippen LogP contribution is -2.57. The van der Waals surface area contributed by atoms with Crippen molar-refractivity contribution in [2.75, 3.05) is 6.54 Å². The van der Waals surface area contributed by atoms with E-state index >= 15 is 0 Å². The molecule has 1 aliphatic heterocycles. The highest BCUT2D eigenvalue weighted by Gasteiger charge is 2.46. The number of pyridine rings is 1. The molecule has 0 aromatic carbocycles. The first-order chi connectivity index (χ1) is 16.6. The standard InChI is InChI=1S/C26H35N3O6S/c1-15-11-16(12-18(27-15)20-9-8-10-36-20)34-17-13-19(23(31)32)29(14-17)22(30)21(25(2,3)4)28-24(33)35-26(5,6)7/h8-12,17,19,21H,13-14H2,1-7H3,(H,28,33)(H,31,32)/t17-,19+,21-/m1/s1. The molecule has 2 aromatic rings. The lowest BCUT2D eigenvalue weighted by molar-refractivity contribution is -0.150. The van der Waals surface area contributed by atoms with E-state index in [-0.39, 0.29) is 13.0 Å². The van der Waals surface area contributed by atoms with Crippen LogP contribution < -0.4 is 10.1 Å². The summed E-state index contributed by atoms with van der Waals surface area (Å²) in [4.78, 5) is 45.0. The van der Waals surface area contributed by atoms with E-state index < -0.39 is 47.2 Å². The number of carboxylic acids is 1. The van der Waals surface area contributed by atoms with Crippen molar-refractivity contribution >= 4 is 29.3 Å². The molecule has 0 unspecified atom stereocenters.